The van der Waals surface area contributed by atoms with Crippen LogP contribution in [0.3, 0.4) is 0 Å². The zero-order valence-corrected chi connectivity index (χ0v) is 13.3. The Morgan fingerprint density at radius 1 is 1.43 bits per heavy atom. The number of amides is 1. The van der Waals surface area contributed by atoms with Crippen molar-refractivity contribution in [3.8, 4) is 11.8 Å². The highest BCUT2D eigenvalue weighted by atomic mass is 35.5. The number of aromatic nitrogens is 2. The molecule has 0 saturated carbocycles. The van der Waals surface area contributed by atoms with Crippen LogP contribution in [0.15, 0.2) is 30.9 Å². The zero-order chi connectivity index (χ0) is 16.4. The summed E-state index contributed by atoms with van der Waals surface area (Å²) in [4.78, 5) is 18.2. The molecule has 1 aliphatic rings. The summed E-state index contributed by atoms with van der Waals surface area (Å²) in [6.45, 7) is 1.19. The molecule has 0 radical (unpaired) electrons. The number of rotatable bonds is 5. The van der Waals surface area contributed by atoms with Crippen LogP contribution in [0.25, 0.3) is 0 Å². The first-order valence-corrected chi connectivity index (χ1v) is 7.58. The van der Waals surface area contributed by atoms with Crippen molar-refractivity contribution < 1.29 is 9.53 Å². The SMILES string of the molecule is COc1ccc(Cl)c2c1C(=O)N(CCCn1ccnc1)C2C#N. The summed E-state index contributed by atoms with van der Waals surface area (Å²) in [7, 11) is 1.50. The second-order valence-corrected chi connectivity index (χ2v) is 5.63. The smallest absolute Gasteiger partial charge is 0.259 e. The van der Waals surface area contributed by atoms with E-state index in [1.54, 1.807) is 29.6 Å². The first-order chi connectivity index (χ1) is 11.2. The molecule has 0 fully saturated rings. The highest BCUT2D eigenvalue weighted by molar-refractivity contribution is 6.32. The Labute approximate surface area is 138 Å². The molecule has 1 aromatic carbocycles. The van der Waals surface area contributed by atoms with Gasteiger partial charge in [-0.1, -0.05) is 11.6 Å². The van der Waals surface area contributed by atoms with Crippen molar-refractivity contribution in [2.75, 3.05) is 13.7 Å². The van der Waals surface area contributed by atoms with Crippen LogP contribution in [0.5, 0.6) is 5.75 Å². The Kier molecular flexibility index (Phi) is 4.22. The molecule has 1 aliphatic heterocycles. The Balaban J connectivity index is 1.84. The highest BCUT2D eigenvalue weighted by Gasteiger charge is 2.40. The van der Waals surface area contributed by atoms with Crippen LogP contribution in [-0.4, -0.2) is 34.0 Å². The standard InChI is InChI=1S/C16H15ClN4O2/c1-23-13-4-3-11(17)14-12(9-18)21(16(22)15(13)14)7-2-6-20-8-5-19-10-20/h3-5,8,10,12H,2,6-7H2,1H3. The summed E-state index contributed by atoms with van der Waals surface area (Å²) in [6.07, 6.45) is 6.01. The second kappa shape index (κ2) is 6.31. The van der Waals surface area contributed by atoms with Crippen molar-refractivity contribution >= 4 is 17.5 Å². The maximum absolute atomic E-state index is 12.7. The Hall–Kier alpha value is -2.52. The Morgan fingerprint density at radius 3 is 2.91 bits per heavy atom. The lowest BCUT2D eigenvalue weighted by atomic mass is 10.0. The van der Waals surface area contributed by atoms with Crippen LogP contribution < -0.4 is 4.74 Å². The van der Waals surface area contributed by atoms with Gasteiger partial charge in [-0.2, -0.15) is 5.26 Å². The maximum Gasteiger partial charge on any atom is 0.259 e. The van der Waals surface area contributed by atoms with Crippen molar-refractivity contribution in [1.82, 2.24) is 14.5 Å². The lowest BCUT2D eigenvalue weighted by molar-refractivity contribution is 0.0751. The number of hydrogen-bond donors (Lipinski definition) is 0. The summed E-state index contributed by atoms with van der Waals surface area (Å²) in [5.74, 6) is 0.239. The van der Waals surface area contributed by atoms with Gasteiger partial charge in [0.1, 0.15) is 11.8 Å². The van der Waals surface area contributed by atoms with Gasteiger partial charge in [0.25, 0.3) is 5.91 Å². The molecule has 6 nitrogen and oxygen atoms in total. The predicted molar refractivity (Wildman–Crippen MR) is 84.2 cm³/mol. The van der Waals surface area contributed by atoms with E-state index in [0.29, 0.717) is 34.9 Å². The fourth-order valence-electron chi connectivity index (χ4n) is 2.86. The monoisotopic (exact) mass is 330 g/mol. The molecule has 0 aliphatic carbocycles. The van der Waals surface area contributed by atoms with E-state index in [4.69, 9.17) is 16.3 Å². The van der Waals surface area contributed by atoms with Crippen LogP contribution >= 0.6 is 11.6 Å². The lowest BCUT2D eigenvalue weighted by Crippen LogP contribution is -2.29. The second-order valence-electron chi connectivity index (χ2n) is 5.22. The summed E-state index contributed by atoms with van der Waals surface area (Å²) in [6, 6.07) is 4.82. The molecule has 23 heavy (non-hydrogen) atoms. The first-order valence-electron chi connectivity index (χ1n) is 7.20. The van der Waals surface area contributed by atoms with Gasteiger partial charge in [-0.25, -0.2) is 4.98 Å². The quantitative estimate of drug-likeness (QED) is 0.845. The van der Waals surface area contributed by atoms with Crippen molar-refractivity contribution in [1.29, 1.82) is 5.26 Å². The number of carbonyl (C=O) groups is 1. The van der Waals surface area contributed by atoms with E-state index in [2.05, 4.69) is 11.1 Å². The van der Waals surface area contributed by atoms with E-state index in [1.807, 2.05) is 10.8 Å². The minimum atomic E-state index is -0.678. The van der Waals surface area contributed by atoms with E-state index in [-0.39, 0.29) is 5.91 Å². The molecule has 2 heterocycles. The topological polar surface area (TPSA) is 71.2 Å². The molecule has 0 N–H and O–H groups in total. The van der Waals surface area contributed by atoms with Crippen LogP contribution in [0.1, 0.15) is 28.4 Å². The van der Waals surface area contributed by atoms with Gasteiger partial charge in [-0.3, -0.25) is 4.79 Å². The third kappa shape index (κ3) is 2.64. The summed E-state index contributed by atoms with van der Waals surface area (Å²) in [5.41, 5.74) is 0.940. The normalized spacial score (nSPS) is 16.3. The number of nitriles is 1. The van der Waals surface area contributed by atoms with E-state index >= 15 is 0 Å². The number of aryl methyl sites for hydroxylation is 1. The predicted octanol–water partition coefficient (Wildman–Crippen LogP) is 2.66. The third-order valence-corrected chi connectivity index (χ3v) is 4.26. The summed E-state index contributed by atoms with van der Waals surface area (Å²) >= 11 is 6.22. The van der Waals surface area contributed by atoms with Gasteiger partial charge in [-0.15, -0.1) is 0 Å². The molecule has 7 heteroatoms. The Morgan fingerprint density at radius 2 is 2.26 bits per heavy atom. The number of fused-ring (bicyclic) bond motifs is 1. The maximum atomic E-state index is 12.7. The van der Waals surface area contributed by atoms with E-state index in [9.17, 15) is 10.1 Å². The van der Waals surface area contributed by atoms with Gasteiger partial charge in [-0.05, 0) is 18.6 Å². The fraction of sp³-hybridized carbons (Fsp3) is 0.312. The molecule has 1 atom stereocenters. The lowest BCUT2D eigenvalue weighted by Gasteiger charge is -2.20. The zero-order valence-electron chi connectivity index (χ0n) is 12.6. The minimum absolute atomic E-state index is 0.212. The number of ether oxygens (including phenoxy) is 1. The molecule has 118 valence electrons. The van der Waals surface area contributed by atoms with Crippen molar-refractivity contribution in [3.05, 3.63) is 47.0 Å². The molecule has 1 aromatic heterocycles. The number of carbonyl (C=O) groups excluding carboxylic acids is 1. The molecular formula is C16H15ClN4O2. The number of hydrogen-bond acceptors (Lipinski definition) is 4. The number of halogens is 1. The number of benzene rings is 1. The van der Waals surface area contributed by atoms with E-state index in [1.165, 1.54) is 7.11 Å². The molecule has 3 rings (SSSR count). The molecule has 1 unspecified atom stereocenters. The summed E-state index contributed by atoms with van der Waals surface area (Å²) < 4.78 is 7.19. The van der Waals surface area contributed by atoms with Crippen LogP contribution in [-0.2, 0) is 6.54 Å². The number of methoxy groups -OCH3 is 1. The average Bonchev–Trinajstić information content (AvgIpc) is 3.16. The van der Waals surface area contributed by atoms with Crippen molar-refractivity contribution in [3.63, 3.8) is 0 Å². The number of nitrogens with zero attached hydrogens (tertiary/aromatic N) is 4. The van der Waals surface area contributed by atoms with Gasteiger partial charge >= 0.3 is 0 Å². The van der Waals surface area contributed by atoms with Gasteiger partial charge in [0.05, 0.1) is 25.1 Å². The minimum Gasteiger partial charge on any atom is -0.496 e. The summed E-state index contributed by atoms with van der Waals surface area (Å²) in [5, 5.41) is 9.93. The van der Waals surface area contributed by atoms with Crippen LogP contribution in [0.4, 0.5) is 0 Å². The molecule has 0 spiro atoms. The van der Waals surface area contributed by atoms with Crippen LogP contribution in [0, 0.1) is 11.3 Å². The van der Waals surface area contributed by atoms with E-state index < -0.39 is 6.04 Å². The van der Waals surface area contributed by atoms with Crippen molar-refractivity contribution in [2.45, 2.75) is 19.0 Å². The van der Waals surface area contributed by atoms with Gasteiger partial charge < -0.3 is 14.2 Å². The highest BCUT2D eigenvalue weighted by Crippen LogP contribution is 2.42. The van der Waals surface area contributed by atoms with E-state index in [0.717, 1.165) is 6.54 Å². The van der Waals surface area contributed by atoms with Crippen molar-refractivity contribution in [2.24, 2.45) is 0 Å². The first kappa shape index (κ1) is 15.4. The molecular weight excluding hydrogens is 316 g/mol. The molecule has 0 saturated heterocycles. The number of imidazole rings is 1. The molecule has 2 aromatic rings. The average molecular weight is 331 g/mol. The fourth-order valence-corrected chi connectivity index (χ4v) is 3.12. The molecule has 1 amide bonds. The molecule has 0 bridgehead atoms. The van der Waals surface area contributed by atoms with Gasteiger partial charge in [0.15, 0.2) is 0 Å². The Bertz CT molecular complexity index is 767. The largest absolute Gasteiger partial charge is 0.496 e. The van der Waals surface area contributed by atoms with Gasteiger partial charge in [0.2, 0.25) is 0 Å². The van der Waals surface area contributed by atoms with Gasteiger partial charge in [0, 0.05) is 36.1 Å². The van der Waals surface area contributed by atoms with Crippen LogP contribution in [0.2, 0.25) is 5.02 Å². The third-order valence-electron chi connectivity index (χ3n) is 3.93.